The maximum atomic E-state index is 13.2. The lowest BCUT2D eigenvalue weighted by Crippen LogP contribution is -2.38. The number of sulfone groups is 1. The molecule has 1 aromatic heterocycles. The Morgan fingerprint density at radius 2 is 1.62 bits per heavy atom. The van der Waals surface area contributed by atoms with Gasteiger partial charge in [0.25, 0.3) is 10.0 Å². The molecule has 176 valence electrons. The molecule has 1 saturated carbocycles. The van der Waals surface area contributed by atoms with Gasteiger partial charge in [-0.1, -0.05) is 44.4 Å². The Hall–Kier alpha value is -1.29. The number of hydrogen-bond donors (Lipinski definition) is 1. The standard InChI is InChI=1S/C22H29ClN2O4S3/c1-22(2)12-14-25(15-13-22)21-17(23)8-5-9-18(21)24-32(28,29)20-11-10-19(30-20)31(26,27)16-6-3-4-7-16/h5,8-11,16,24H,3-4,6-7,12-15H2,1-2H3. The molecular weight excluding hydrogens is 488 g/mol. The maximum absolute atomic E-state index is 13.2. The minimum absolute atomic E-state index is 0.0141. The predicted octanol–water partition coefficient (Wildman–Crippen LogP) is 5.55. The number of nitrogens with zero attached hydrogens (tertiary/aromatic N) is 1. The molecule has 1 aliphatic heterocycles. The van der Waals surface area contributed by atoms with E-state index in [9.17, 15) is 16.8 Å². The SMILES string of the molecule is CC1(C)CCN(c2c(Cl)cccc2NS(=O)(=O)c2ccc(S(=O)(=O)C3CCCC3)s2)CC1. The molecule has 1 saturated heterocycles. The molecule has 0 atom stereocenters. The van der Waals surface area contributed by atoms with Gasteiger partial charge in [-0.25, -0.2) is 16.8 Å². The van der Waals surface area contributed by atoms with Crippen molar-refractivity contribution in [3.8, 4) is 0 Å². The second kappa shape index (κ2) is 8.81. The van der Waals surface area contributed by atoms with Gasteiger partial charge in [-0.15, -0.1) is 11.3 Å². The van der Waals surface area contributed by atoms with Crippen molar-refractivity contribution in [2.75, 3.05) is 22.7 Å². The number of rotatable bonds is 6. The molecule has 1 aromatic carbocycles. The molecule has 1 aliphatic carbocycles. The molecule has 0 bridgehead atoms. The zero-order chi connectivity index (χ0) is 23.1. The number of anilines is 2. The van der Waals surface area contributed by atoms with Crippen molar-refractivity contribution in [3.63, 3.8) is 0 Å². The van der Waals surface area contributed by atoms with Gasteiger partial charge in [0.1, 0.15) is 8.42 Å². The molecule has 4 rings (SSSR count). The topological polar surface area (TPSA) is 83.6 Å². The van der Waals surface area contributed by atoms with Gasteiger partial charge >= 0.3 is 0 Å². The van der Waals surface area contributed by atoms with Crippen LogP contribution >= 0.6 is 22.9 Å². The summed E-state index contributed by atoms with van der Waals surface area (Å²) in [6.45, 7) is 6.03. The summed E-state index contributed by atoms with van der Waals surface area (Å²) in [4.78, 5) is 2.12. The van der Waals surface area contributed by atoms with Gasteiger partial charge < -0.3 is 4.90 Å². The summed E-state index contributed by atoms with van der Waals surface area (Å²) < 4.78 is 54.8. The van der Waals surface area contributed by atoms with Gasteiger partial charge in [0.2, 0.25) is 0 Å². The van der Waals surface area contributed by atoms with Crippen molar-refractivity contribution in [1.29, 1.82) is 0 Å². The average Bonchev–Trinajstić information content (AvgIpc) is 3.42. The van der Waals surface area contributed by atoms with Crippen LogP contribution in [0.25, 0.3) is 0 Å². The lowest BCUT2D eigenvalue weighted by molar-refractivity contribution is 0.280. The largest absolute Gasteiger partial charge is 0.369 e. The highest BCUT2D eigenvalue weighted by Gasteiger charge is 2.33. The van der Waals surface area contributed by atoms with Crippen molar-refractivity contribution >= 4 is 54.2 Å². The van der Waals surface area contributed by atoms with Crippen LogP contribution in [-0.4, -0.2) is 35.2 Å². The third kappa shape index (κ3) is 4.81. The zero-order valence-corrected chi connectivity index (χ0v) is 21.5. The molecule has 0 unspecified atom stereocenters. The fourth-order valence-corrected chi connectivity index (χ4v) is 9.65. The number of para-hydroxylation sites is 1. The molecule has 2 fully saturated rings. The van der Waals surface area contributed by atoms with Crippen LogP contribution in [0.4, 0.5) is 11.4 Å². The van der Waals surface area contributed by atoms with Crippen LogP contribution in [0.15, 0.2) is 38.8 Å². The number of halogens is 1. The quantitative estimate of drug-likeness (QED) is 0.544. The van der Waals surface area contributed by atoms with E-state index in [-0.39, 0.29) is 13.8 Å². The molecule has 1 N–H and O–H groups in total. The fraction of sp³-hybridized carbons (Fsp3) is 0.545. The van der Waals surface area contributed by atoms with Crippen LogP contribution in [0.2, 0.25) is 5.02 Å². The predicted molar refractivity (Wildman–Crippen MR) is 131 cm³/mol. The first-order chi connectivity index (χ1) is 15.0. The van der Waals surface area contributed by atoms with Gasteiger partial charge in [-0.05, 0) is 55.4 Å². The summed E-state index contributed by atoms with van der Waals surface area (Å²) in [5.41, 5.74) is 1.32. The molecule has 0 radical (unpaired) electrons. The first kappa shape index (κ1) is 23.9. The first-order valence-corrected chi connectivity index (χ1v) is 15.1. The minimum Gasteiger partial charge on any atom is -0.369 e. The van der Waals surface area contributed by atoms with Gasteiger partial charge in [-0.2, -0.15) is 0 Å². The van der Waals surface area contributed by atoms with Crippen LogP contribution in [0.3, 0.4) is 0 Å². The van der Waals surface area contributed by atoms with Gasteiger partial charge in [0.05, 0.1) is 21.6 Å². The number of thiophene rings is 1. The number of hydrogen-bond acceptors (Lipinski definition) is 6. The van der Waals surface area contributed by atoms with Gasteiger partial charge in [0, 0.05) is 13.1 Å². The van der Waals surface area contributed by atoms with E-state index >= 15 is 0 Å². The lowest BCUT2D eigenvalue weighted by atomic mass is 9.82. The van der Waals surface area contributed by atoms with E-state index < -0.39 is 25.1 Å². The Balaban J connectivity index is 1.60. The highest BCUT2D eigenvalue weighted by molar-refractivity contribution is 7.96. The summed E-state index contributed by atoms with van der Waals surface area (Å²) in [5, 5.41) is 0.0770. The number of piperidine rings is 1. The smallest absolute Gasteiger partial charge is 0.271 e. The Kier molecular flexibility index (Phi) is 6.57. The first-order valence-electron chi connectivity index (χ1n) is 10.9. The Morgan fingerprint density at radius 3 is 2.28 bits per heavy atom. The molecular formula is C22H29ClN2O4S3. The average molecular weight is 517 g/mol. The maximum Gasteiger partial charge on any atom is 0.271 e. The number of nitrogens with one attached hydrogen (secondary N) is 1. The van der Waals surface area contributed by atoms with Crippen molar-refractivity contribution < 1.29 is 16.8 Å². The lowest BCUT2D eigenvalue weighted by Gasteiger charge is -2.39. The van der Waals surface area contributed by atoms with E-state index in [4.69, 9.17) is 11.6 Å². The number of benzene rings is 1. The van der Waals surface area contributed by atoms with Crippen LogP contribution in [0.1, 0.15) is 52.4 Å². The Morgan fingerprint density at radius 1 is 1.00 bits per heavy atom. The zero-order valence-electron chi connectivity index (χ0n) is 18.3. The van der Waals surface area contributed by atoms with E-state index in [0.717, 1.165) is 50.1 Å². The van der Waals surface area contributed by atoms with E-state index in [1.54, 1.807) is 18.2 Å². The normalized spacial score (nSPS) is 19.9. The highest BCUT2D eigenvalue weighted by Crippen LogP contribution is 2.41. The van der Waals surface area contributed by atoms with Crippen LogP contribution in [0, 0.1) is 5.41 Å². The second-order valence-corrected chi connectivity index (χ2v) is 15.3. The van der Waals surface area contributed by atoms with Crippen LogP contribution in [-0.2, 0) is 19.9 Å². The van der Waals surface area contributed by atoms with E-state index in [0.29, 0.717) is 29.2 Å². The van der Waals surface area contributed by atoms with Crippen LogP contribution in [0.5, 0.6) is 0 Å². The fourth-order valence-electron chi connectivity index (χ4n) is 4.41. The molecule has 0 spiro atoms. The Labute approximate surface area is 199 Å². The summed E-state index contributed by atoms with van der Waals surface area (Å²) in [5.74, 6) is 0. The monoisotopic (exact) mass is 516 g/mol. The van der Waals surface area contributed by atoms with Gasteiger partial charge in [0.15, 0.2) is 9.84 Å². The van der Waals surface area contributed by atoms with Gasteiger partial charge in [-0.3, -0.25) is 4.72 Å². The molecule has 0 amide bonds. The Bertz CT molecular complexity index is 1190. The number of sulfonamides is 1. The highest BCUT2D eigenvalue weighted by atomic mass is 35.5. The van der Waals surface area contributed by atoms with Crippen LogP contribution < -0.4 is 9.62 Å². The molecule has 32 heavy (non-hydrogen) atoms. The second-order valence-electron chi connectivity index (χ2n) is 9.42. The molecule has 2 heterocycles. The molecule has 2 aromatic rings. The van der Waals surface area contributed by atoms with Crippen molar-refractivity contribution in [1.82, 2.24) is 0 Å². The summed E-state index contributed by atoms with van der Waals surface area (Å²) in [7, 11) is -7.46. The van der Waals surface area contributed by atoms with Crippen molar-refractivity contribution in [2.45, 2.75) is 66.0 Å². The summed E-state index contributed by atoms with van der Waals surface area (Å²) in [6, 6.07) is 7.96. The minimum atomic E-state index is -3.96. The third-order valence-corrected chi connectivity index (χ3v) is 12.5. The van der Waals surface area contributed by atoms with E-state index in [2.05, 4.69) is 23.5 Å². The molecule has 2 aliphatic rings. The van der Waals surface area contributed by atoms with E-state index in [1.165, 1.54) is 12.1 Å². The molecule has 6 nitrogen and oxygen atoms in total. The van der Waals surface area contributed by atoms with Crippen molar-refractivity contribution in [3.05, 3.63) is 35.4 Å². The summed E-state index contributed by atoms with van der Waals surface area (Å²) >= 11 is 7.31. The van der Waals surface area contributed by atoms with Crippen molar-refractivity contribution in [2.24, 2.45) is 5.41 Å². The summed E-state index contributed by atoms with van der Waals surface area (Å²) in [6.07, 6.45) is 5.04. The van der Waals surface area contributed by atoms with E-state index in [1.807, 2.05) is 0 Å². The third-order valence-electron chi connectivity index (χ3n) is 6.51. The molecule has 10 heteroatoms.